The maximum atomic E-state index is 5.95. The Labute approximate surface area is 85.7 Å². The molecule has 2 rings (SSSR count). The fourth-order valence-corrected chi connectivity index (χ4v) is 1.55. The summed E-state index contributed by atoms with van der Waals surface area (Å²) in [6.45, 7) is 0. The van der Waals surface area contributed by atoms with Crippen LogP contribution in [0.1, 0.15) is 0 Å². The highest BCUT2D eigenvalue weighted by Crippen LogP contribution is 2.21. The number of hydrogen-bond donors (Lipinski definition) is 0. The molecule has 0 atom stereocenters. The van der Waals surface area contributed by atoms with Gasteiger partial charge in [0.05, 0.1) is 10.0 Å². The van der Waals surface area contributed by atoms with E-state index in [0.29, 0.717) is 15.9 Å². The van der Waals surface area contributed by atoms with E-state index in [0.717, 1.165) is 0 Å². The van der Waals surface area contributed by atoms with Gasteiger partial charge in [-0.05, 0) is 18.2 Å². The average molecular weight is 213 g/mol. The summed E-state index contributed by atoms with van der Waals surface area (Å²) < 4.78 is 1.83. The zero-order chi connectivity index (χ0) is 9.26. The van der Waals surface area contributed by atoms with E-state index in [1.807, 2.05) is 29.1 Å². The molecule has 13 heavy (non-hydrogen) atoms. The summed E-state index contributed by atoms with van der Waals surface area (Å²) in [4.78, 5) is 4.12. The molecular formula is C9H6Cl2N2. The fraction of sp³-hybridized carbons (Fsp3) is 0. The Morgan fingerprint density at radius 3 is 2.46 bits per heavy atom. The molecule has 0 saturated carbocycles. The standard InChI is InChI=1S/C9H6Cl2N2/c10-7-5-8(11)9(12-6-7)13-3-1-2-4-13/h1-6H. The van der Waals surface area contributed by atoms with E-state index in [4.69, 9.17) is 23.2 Å². The van der Waals surface area contributed by atoms with Crippen molar-refractivity contribution in [1.82, 2.24) is 9.55 Å². The highest BCUT2D eigenvalue weighted by atomic mass is 35.5. The van der Waals surface area contributed by atoms with Crippen molar-refractivity contribution < 1.29 is 0 Å². The first-order chi connectivity index (χ1) is 6.27. The lowest BCUT2D eigenvalue weighted by molar-refractivity contribution is 1.01. The first kappa shape index (κ1) is 8.60. The molecule has 0 spiro atoms. The molecule has 0 aromatic carbocycles. The molecule has 0 aliphatic heterocycles. The molecule has 4 heteroatoms. The van der Waals surface area contributed by atoms with Crippen molar-refractivity contribution in [2.45, 2.75) is 0 Å². The van der Waals surface area contributed by atoms with Crippen molar-refractivity contribution in [3.8, 4) is 5.82 Å². The molecule has 66 valence electrons. The summed E-state index contributed by atoms with van der Waals surface area (Å²) in [7, 11) is 0. The second-order valence-corrected chi connectivity index (χ2v) is 3.39. The molecule has 2 aromatic heterocycles. The van der Waals surface area contributed by atoms with Crippen LogP contribution < -0.4 is 0 Å². The van der Waals surface area contributed by atoms with E-state index < -0.39 is 0 Å². The van der Waals surface area contributed by atoms with Gasteiger partial charge < -0.3 is 4.57 Å². The van der Waals surface area contributed by atoms with Crippen LogP contribution in [0.3, 0.4) is 0 Å². The Morgan fingerprint density at radius 2 is 1.85 bits per heavy atom. The van der Waals surface area contributed by atoms with Crippen molar-refractivity contribution in [2.75, 3.05) is 0 Å². The van der Waals surface area contributed by atoms with Gasteiger partial charge in [-0.15, -0.1) is 0 Å². The Hall–Kier alpha value is -0.990. The molecular weight excluding hydrogens is 207 g/mol. The van der Waals surface area contributed by atoms with Crippen LogP contribution in [0.5, 0.6) is 0 Å². The second kappa shape index (κ2) is 3.40. The quantitative estimate of drug-likeness (QED) is 0.711. The van der Waals surface area contributed by atoms with E-state index in [9.17, 15) is 0 Å². The minimum absolute atomic E-state index is 0.543. The zero-order valence-corrected chi connectivity index (χ0v) is 8.13. The Bertz CT molecular complexity index is 410. The highest BCUT2D eigenvalue weighted by molar-refractivity contribution is 6.35. The smallest absolute Gasteiger partial charge is 0.155 e. The molecule has 2 aromatic rings. The first-order valence-corrected chi connectivity index (χ1v) is 4.47. The van der Waals surface area contributed by atoms with Crippen molar-refractivity contribution in [2.24, 2.45) is 0 Å². The van der Waals surface area contributed by atoms with Crippen molar-refractivity contribution >= 4 is 23.2 Å². The highest BCUT2D eigenvalue weighted by Gasteiger charge is 2.03. The van der Waals surface area contributed by atoms with Crippen LogP contribution in [0.25, 0.3) is 5.82 Å². The van der Waals surface area contributed by atoms with Crippen molar-refractivity contribution in [1.29, 1.82) is 0 Å². The maximum absolute atomic E-state index is 5.95. The molecule has 0 N–H and O–H groups in total. The monoisotopic (exact) mass is 212 g/mol. The van der Waals surface area contributed by atoms with Crippen LogP contribution in [0.4, 0.5) is 0 Å². The number of hydrogen-bond acceptors (Lipinski definition) is 1. The fourth-order valence-electron chi connectivity index (χ4n) is 1.07. The summed E-state index contributed by atoms with van der Waals surface area (Å²) >= 11 is 11.7. The van der Waals surface area contributed by atoms with Gasteiger partial charge in [0.25, 0.3) is 0 Å². The largest absolute Gasteiger partial charge is 0.307 e. The Kier molecular flexibility index (Phi) is 2.25. The number of pyridine rings is 1. The van der Waals surface area contributed by atoms with Crippen LogP contribution in [-0.4, -0.2) is 9.55 Å². The molecule has 0 saturated heterocycles. The minimum Gasteiger partial charge on any atom is -0.307 e. The van der Waals surface area contributed by atoms with Gasteiger partial charge in [-0.3, -0.25) is 0 Å². The third-order valence-corrected chi connectivity index (χ3v) is 2.12. The van der Waals surface area contributed by atoms with Gasteiger partial charge >= 0.3 is 0 Å². The van der Waals surface area contributed by atoms with E-state index in [-0.39, 0.29) is 0 Å². The van der Waals surface area contributed by atoms with Gasteiger partial charge in [0.15, 0.2) is 5.82 Å². The molecule has 2 nitrogen and oxygen atoms in total. The van der Waals surface area contributed by atoms with Crippen LogP contribution >= 0.6 is 23.2 Å². The molecule has 2 heterocycles. The van der Waals surface area contributed by atoms with Crippen LogP contribution in [-0.2, 0) is 0 Å². The molecule has 0 amide bonds. The van der Waals surface area contributed by atoms with Crippen LogP contribution in [0.15, 0.2) is 36.8 Å². The lowest BCUT2D eigenvalue weighted by atomic mass is 10.4. The van der Waals surface area contributed by atoms with E-state index >= 15 is 0 Å². The maximum Gasteiger partial charge on any atom is 0.155 e. The van der Waals surface area contributed by atoms with Crippen LogP contribution in [0, 0.1) is 0 Å². The molecule has 0 radical (unpaired) electrons. The zero-order valence-electron chi connectivity index (χ0n) is 6.61. The molecule has 0 unspecified atom stereocenters. The van der Waals surface area contributed by atoms with E-state index in [2.05, 4.69) is 4.98 Å². The molecule has 0 aliphatic rings. The summed E-state index contributed by atoms with van der Waals surface area (Å²) in [5.74, 6) is 0.691. The normalized spacial score (nSPS) is 10.3. The van der Waals surface area contributed by atoms with Gasteiger partial charge in [0.1, 0.15) is 0 Å². The predicted molar refractivity (Wildman–Crippen MR) is 53.6 cm³/mol. The average Bonchev–Trinajstić information content (AvgIpc) is 2.56. The summed E-state index contributed by atoms with van der Waals surface area (Å²) in [5, 5.41) is 1.09. The SMILES string of the molecule is Clc1cnc(-n2cccc2)c(Cl)c1. The topological polar surface area (TPSA) is 17.8 Å². The predicted octanol–water partition coefficient (Wildman–Crippen LogP) is 3.18. The second-order valence-electron chi connectivity index (χ2n) is 2.55. The van der Waals surface area contributed by atoms with Gasteiger partial charge in [-0.1, -0.05) is 23.2 Å². The molecule has 0 fully saturated rings. The van der Waals surface area contributed by atoms with E-state index in [1.54, 1.807) is 12.3 Å². The van der Waals surface area contributed by atoms with Crippen molar-refractivity contribution in [3.05, 3.63) is 46.8 Å². The summed E-state index contributed by atoms with van der Waals surface area (Å²) in [6.07, 6.45) is 5.33. The lowest BCUT2D eigenvalue weighted by Gasteiger charge is -2.03. The van der Waals surface area contributed by atoms with Gasteiger partial charge in [0, 0.05) is 18.6 Å². The van der Waals surface area contributed by atoms with E-state index in [1.165, 1.54) is 0 Å². The third-order valence-electron chi connectivity index (χ3n) is 1.64. The molecule has 0 aliphatic carbocycles. The Balaban J connectivity index is 2.53. The number of aromatic nitrogens is 2. The first-order valence-electron chi connectivity index (χ1n) is 3.72. The van der Waals surface area contributed by atoms with Gasteiger partial charge in [-0.25, -0.2) is 4.98 Å². The lowest BCUT2D eigenvalue weighted by Crippen LogP contribution is -1.94. The summed E-state index contributed by atoms with van der Waals surface area (Å²) in [5.41, 5.74) is 0. The summed E-state index contributed by atoms with van der Waals surface area (Å²) in [6, 6.07) is 5.49. The number of halogens is 2. The van der Waals surface area contributed by atoms with Crippen LogP contribution in [0.2, 0.25) is 10.0 Å². The Morgan fingerprint density at radius 1 is 1.15 bits per heavy atom. The van der Waals surface area contributed by atoms with Gasteiger partial charge in [0.2, 0.25) is 0 Å². The number of rotatable bonds is 1. The van der Waals surface area contributed by atoms with Gasteiger partial charge in [-0.2, -0.15) is 0 Å². The number of nitrogens with zero attached hydrogens (tertiary/aromatic N) is 2. The van der Waals surface area contributed by atoms with Crippen molar-refractivity contribution in [3.63, 3.8) is 0 Å². The third kappa shape index (κ3) is 1.69. The molecule has 0 bridgehead atoms. The minimum atomic E-state index is 0.543.